The standard InChI is InChI=1S/C18H22BrNO/c1-4-20-12-14-8-9-18(17(19)10-14)21-16-7-5-6-15(11-16)13(2)3/h5-11,13,20H,4,12H2,1-3H3. The molecule has 0 aliphatic heterocycles. The van der Waals surface area contributed by atoms with Crippen LogP contribution in [0.25, 0.3) is 0 Å². The third-order valence-corrected chi connectivity index (χ3v) is 3.95. The molecule has 1 N–H and O–H groups in total. The molecule has 2 aromatic rings. The lowest BCUT2D eigenvalue weighted by molar-refractivity contribution is 0.478. The summed E-state index contributed by atoms with van der Waals surface area (Å²) in [6.07, 6.45) is 0. The van der Waals surface area contributed by atoms with Crippen LogP contribution < -0.4 is 10.1 Å². The van der Waals surface area contributed by atoms with Crippen LogP contribution in [0.3, 0.4) is 0 Å². The Morgan fingerprint density at radius 2 is 1.95 bits per heavy atom. The highest BCUT2D eigenvalue weighted by molar-refractivity contribution is 9.10. The van der Waals surface area contributed by atoms with Gasteiger partial charge in [-0.25, -0.2) is 0 Å². The second-order valence-electron chi connectivity index (χ2n) is 5.37. The first-order valence-electron chi connectivity index (χ1n) is 7.37. The van der Waals surface area contributed by atoms with Crippen molar-refractivity contribution in [2.45, 2.75) is 33.2 Å². The molecule has 0 bridgehead atoms. The maximum absolute atomic E-state index is 5.99. The summed E-state index contributed by atoms with van der Waals surface area (Å²) in [5, 5.41) is 3.32. The molecule has 0 aliphatic rings. The second-order valence-corrected chi connectivity index (χ2v) is 6.23. The van der Waals surface area contributed by atoms with E-state index in [1.165, 1.54) is 11.1 Å². The van der Waals surface area contributed by atoms with E-state index in [4.69, 9.17) is 4.74 Å². The summed E-state index contributed by atoms with van der Waals surface area (Å²) in [5.74, 6) is 2.22. The zero-order chi connectivity index (χ0) is 15.2. The van der Waals surface area contributed by atoms with Gasteiger partial charge in [0.15, 0.2) is 0 Å². The quantitative estimate of drug-likeness (QED) is 0.747. The lowest BCUT2D eigenvalue weighted by atomic mass is 10.0. The van der Waals surface area contributed by atoms with Crippen LogP contribution in [0.2, 0.25) is 0 Å². The molecule has 0 atom stereocenters. The minimum atomic E-state index is 0.500. The molecule has 2 nitrogen and oxygen atoms in total. The number of benzene rings is 2. The number of ether oxygens (including phenoxy) is 1. The summed E-state index contributed by atoms with van der Waals surface area (Å²) in [5.41, 5.74) is 2.53. The fourth-order valence-electron chi connectivity index (χ4n) is 2.07. The number of rotatable bonds is 6. The van der Waals surface area contributed by atoms with Crippen molar-refractivity contribution in [1.82, 2.24) is 5.32 Å². The Balaban J connectivity index is 2.14. The number of hydrogen-bond acceptors (Lipinski definition) is 2. The normalized spacial score (nSPS) is 10.9. The first-order valence-corrected chi connectivity index (χ1v) is 8.16. The van der Waals surface area contributed by atoms with Gasteiger partial charge in [-0.1, -0.05) is 39.0 Å². The van der Waals surface area contributed by atoms with Crippen molar-refractivity contribution in [1.29, 1.82) is 0 Å². The summed E-state index contributed by atoms with van der Waals surface area (Å²) in [6, 6.07) is 14.5. The highest BCUT2D eigenvalue weighted by Crippen LogP contribution is 2.31. The molecule has 0 fully saturated rings. The number of hydrogen-bond donors (Lipinski definition) is 1. The van der Waals surface area contributed by atoms with E-state index in [2.05, 4.69) is 66.3 Å². The zero-order valence-electron chi connectivity index (χ0n) is 12.8. The van der Waals surface area contributed by atoms with Crippen molar-refractivity contribution in [3.05, 3.63) is 58.1 Å². The first kappa shape index (κ1) is 16.1. The Morgan fingerprint density at radius 1 is 1.14 bits per heavy atom. The highest BCUT2D eigenvalue weighted by atomic mass is 79.9. The third-order valence-electron chi connectivity index (χ3n) is 3.33. The minimum absolute atomic E-state index is 0.500. The molecule has 0 saturated heterocycles. The maximum atomic E-state index is 5.99. The van der Waals surface area contributed by atoms with Crippen molar-refractivity contribution < 1.29 is 4.74 Å². The van der Waals surface area contributed by atoms with Crippen LogP contribution in [-0.2, 0) is 6.54 Å². The van der Waals surface area contributed by atoms with Crippen LogP contribution in [0, 0.1) is 0 Å². The van der Waals surface area contributed by atoms with E-state index in [-0.39, 0.29) is 0 Å². The minimum Gasteiger partial charge on any atom is -0.456 e. The summed E-state index contributed by atoms with van der Waals surface area (Å²) < 4.78 is 6.97. The topological polar surface area (TPSA) is 21.3 Å². The van der Waals surface area contributed by atoms with Gasteiger partial charge in [0.1, 0.15) is 11.5 Å². The smallest absolute Gasteiger partial charge is 0.141 e. The summed E-state index contributed by atoms with van der Waals surface area (Å²) in [4.78, 5) is 0. The molecule has 0 amide bonds. The fraction of sp³-hybridized carbons (Fsp3) is 0.333. The molecule has 0 saturated carbocycles. The molecule has 0 radical (unpaired) electrons. The highest BCUT2D eigenvalue weighted by Gasteiger charge is 2.06. The van der Waals surface area contributed by atoms with E-state index < -0.39 is 0 Å². The predicted octanol–water partition coefficient (Wildman–Crippen LogP) is 5.47. The molecular formula is C18H22BrNO. The SMILES string of the molecule is CCNCc1ccc(Oc2cccc(C(C)C)c2)c(Br)c1. The molecule has 0 unspecified atom stereocenters. The van der Waals surface area contributed by atoms with Gasteiger partial charge in [-0.05, 0) is 63.8 Å². The van der Waals surface area contributed by atoms with Gasteiger partial charge in [-0.2, -0.15) is 0 Å². The van der Waals surface area contributed by atoms with Gasteiger partial charge >= 0.3 is 0 Å². The average molecular weight is 348 g/mol. The molecular weight excluding hydrogens is 326 g/mol. The maximum Gasteiger partial charge on any atom is 0.141 e. The Kier molecular flexibility index (Phi) is 5.83. The van der Waals surface area contributed by atoms with Crippen molar-refractivity contribution in [2.75, 3.05) is 6.54 Å². The van der Waals surface area contributed by atoms with E-state index in [9.17, 15) is 0 Å². The number of nitrogens with one attached hydrogen (secondary N) is 1. The van der Waals surface area contributed by atoms with Crippen LogP contribution in [-0.4, -0.2) is 6.54 Å². The zero-order valence-corrected chi connectivity index (χ0v) is 14.4. The van der Waals surface area contributed by atoms with Crippen LogP contribution in [0.15, 0.2) is 46.9 Å². The molecule has 2 rings (SSSR count). The van der Waals surface area contributed by atoms with Gasteiger partial charge in [-0.3, -0.25) is 0 Å². The Morgan fingerprint density at radius 3 is 2.62 bits per heavy atom. The molecule has 0 heterocycles. The van der Waals surface area contributed by atoms with E-state index in [0.717, 1.165) is 29.1 Å². The van der Waals surface area contributed by atoms with E-state index >= 15 is 0 Å². The average Bonchev–Trinajstić information content (AvgIpc) is 2.48. The molecule has 21 heavy (non-hydrogen) atoms. The third kappa shape index (κ3) is 4.58. The number of halogens is 1. The van der Waals surface area contributed by atoms with Gasteiger partial charge in [0.2, 0.25) is 0 Å². The summed E-state index contributed by atoms with van der Waals surface area (Å²) >= 11 is 3.59. The Labute approximate surface area is 135 Å². The van der Waals surface area contributed by atoms with Gasteiger partial charge in [0.05, 0.1) is 4.47 Å². The first-order chi connectivity index (χ1) is 10.1. The van der Waals surface area contributed by atoms with Gasteiger partial charge in [0.25, 0.3) is 0 Å². The lowest BCUT2D eigenvalue weighted by Crippen LogP contribution is -2.11. The van der Waals surface area contributed by atoms with Crippen LogP contribution in [0.1, 0.15) is 37.8 Å². The van der Waals surface area contributed by atoms with Crippen LogP contribution in [0.5, 0.6) is 11.5 Å². The van der Waals surface area contributed by atoms with Crippen molar-refractivity contribution in [3.8, 4) is 11.5 Å². The van der Waals surface area contributed by atoms with E-state index in [1.807, 2.05) is 18.2 Å². The van der Waals surface area contributed by atoms with Crippen molar-refractivity contribution >= 4 is 15.9 Å². The molecule has 0 aliphatic carbocycles. The fourth-order valence-corrected chi connectivity index (χ4v) is 2.58. The summed E-state index contributed by atoms with van der Waals surface area (Å²) in [7, 11) is 0. The van der Waals surface area contributed by atoms with Gasteiger partial charge in [-0.15, -0.1) is 0 Å². The van der Waals surface area contributed by atoms with E-state index in [0.29, 0.717) is 5.92 Å². The Bertz CT molecular complexity index is 596. The van der Waals surface area contributed by atoms with Crippen molar-refractivity contribution in [2.24, 2.45) is 0 Å². The van der Waals surface area contributed by atoms with E-state index in [1.54, 1.807) is 0 Å². The van der Waals surface area contributed by atoms with Gasteiger partial charge < -0.3 is 10.1 Å². The second kappa shape index (κ2) is 7.62. The largest absolute Gasteiger partial charge is 0.456 e. The molecule has 3 heteroatoms. The Hall–Kier alpha value is -1.32. The molecule has 0 spiro atoms. The lowest BCUT2D eigenvalue weighted by Gasteiger charge is -2.12. The van der Waals surface area contributed by atoms with Crippen LogP contribution >= 0.6 is 15.9 Å². The molecule has 112 valence electrons. The van der Waals surface area contributed by atoms with Gasteiger partial charge in [0, 0.05) is 6.54 Å². The van der Waals surface area contributed by atoms with Crippen LogP contribution in [0.4, 0.5) is 0 Å². The molecule has 0 aromatic heterocycles. The predicted molar refractivity (Wildman–Crippen MR) is 92.1 cm³/mol. The van der Waals surface area contributed by atoms with Crippen molar-refractivity contribution in [3.63, 3.8) is 0 Å². The monoisotopic (exact) mass is 347 g/mol. The molecule has 2 aromatic carbocycles. The summed E-state index contributed by atoms with van der Waals surface area (Å²) in [6.45, 7) is 8.32.